The lowest BCUT2D eigenvalue weighted by Gasteiger charge is -2.20. The van der Waals surface area contributed by atoms with E-state index in [1.807, 2.05) is 12.1 Å². The standard InChI is InChI=1S/C23H26F3NO/c1-22(2,3)18-11-9-15(10-12-18)21(28)27-20-14-17-8-6-4-5-7-16(17)13-19(20)23(24,25)26/h9-14H,4-8H2,1-3H3,(H,27,28). The predicted molar refractivity (Wildman–Crippen MR) is 106 cm³/mol. The number of nitrogens with one attached hydrogen (secondary N) is 1. The van der Waals surface area contributed by atoms with Gasteiger partial charge in [-0.25, -0.2) is 0 Å². The molecule has 1 amide bonds. The molecule has 2 nitrogen and oxygen atoms in total. The van der Waals surface area contributed by atoms with Crippen molar-refractivity contribution in [2.75, 3.05) is 5.32 Å². The molecule has 0 saturated carbocycles. The average Bonchev–Trinajstić information content (AvgIpc) is 2.84. The third kappa shape index (κ3) is 4.57. The Morgan fingerprint density at radius 2 is 1.46 bits per heavy atom. The molecule has 0 fully saturated rings. The second kappa shape index (κ2) is 7.61. The number of alkyl halides is 3. The van der Waals surface area contributed by atoms with Crippen LogP contribution in [0.2, 0.25) is 0 Å². The van der Waals surface area contributed by atoms with E-state index in [1.165, 1.54) is 12.1 Å². The van der Waals surface area contributed by atoms with Gasteiger partial charge in [0, 0.05) is 5.56 Å². The van der Waals surface area contributed by atoms with Crippen LogP contribution in [-0.2, 0) is 24.4 Å². The Labute approximate surface area is 164 Å². The number of aryl methyl sites for hydroxylation is 2. The van der Waals surface area contributed by atoms with Crippen LogP contribution in [0.15, 0.2) is 36.4 Å². The van der Waals surface area contributed by atoms with Crippen molar-refractivity contribution in [2.45, 2.75) is 64.5 Å². The van der Waals surface area contributed by atoms with Gasteiger partial charge >= 0.3 is 6.18 Å². The molecule has 28 heavy (non-hydrogen) atoms. The minimum atomic E-state index is -4.51. The third-order valence-electron chi connectivity index (χ3n) is 5.30. The van der Waals surface area contributed by atoms with Crippen molar-refractivity contribution in [2.24, 2.45) is 0 Å². The summed E-state index contributed by atoms with van der Waals surface area (Å²) in [7, 11) is 0. The number of hydrogen-bond acceptors (Lipinski definition) is 1. The Balaban J connectivity index is 1.92. The summed E-state index contributed by atoms with van der Waals surface area (Å²) in [5.74, 6) is -0.528. The molecule has 0 saturated heterocycles. The fraction of sp³-hybridized carbons (Fsp3) is 0.435. The zero-order valence-corrected chi connectivity index (χ0v) is 16.5. The van der Waals surface area contributed by atoms with Gasteiger partial charge in [-0.05, 0) is 72.1 Å². The summed E-state index contributed by atoms with van der Waals surface area (Å²) in [6.07, 6.45) is -0.244. The first kappa shape index (κ1) is 20.4. The number of benzene rings is 2. The monoisotopic (exact) mass is 389 g/mol. The van der Waals surface area contributed by atoms with Crippen LogP contribution < -0.4 is 5.32 Å². The Morgan fingerprint density at radius 1 is 0.893 bits per heavy atom. The maximum atomic E-state index is 13.6. The van der Waals surface area contributed by atoms with Crippen molar-refractivity contribution < 1.29 is 18.0 Å². The first-order chi connectivity index (χ1) is 13.1. The molecule has 0 unspecified atom stereocenters. The van der Waals surface area contributed by atoms with Crippen LogP contribution >= 0.6 is 0 Å². The second-order valence-corrected chi connectivity index (χ2v) is 8.51. The molecular weight excluding hydrogens is 363 g/mol. The van der Waals surface area contributed by atoms with Crippen molar-refractivity contribution in [3.05, 3.63) is 64.2 Å². The van der Waals surface area contributed by atoms with Gasteiger partial charge in [0.05, 0.1) is 11.3 Å². The lowest BCUT2D eigenvalue weighted by molar-refractivity contribution is -0.137. The lowest BCUT2D eigenvalue weighted by atomic mass is 9.86. The average molecular weight is 389 g/mol. The minimum absolute atomic E-state index is 0.0601. The van der Waals surface area contributed by atoms with Crippen molar-refractivity contribution in [1.29, 1.82) is 0 Å². The highest BCUT2D eigenvalue weighted by Crippen LogP contribution is 2.38. The van der Waals surface area contributed by atoms with Crippen molar-refractivity contribution in [3.63, 3.8) is 0 Å². The zero-order valence-electron chi connectivity index (χ0n) is 16.5. The van der Waals surface area contributed by atoms with Gasteiger partial charge < -0.3 is 5.32 Å². The first-order valence-corrected chi connectivity index (χ1v) is 9.70. The number of carbonyl (C=O) groups is 1. The molecule has 0 spiro atoms. The third-order valence-corrected chi connectivity index (χ3v) is 5.30. The van der Waals surface area contributed by atoms with Crippen LogP contribution in [0.3, 0.4) is 0 Å². The Morgan fingerprint density at radius 3 is 2.00 bits per heavy atom. The molecule has 1 N–H and O–H groups in total. The summed E-state index contributed by atoms with van der Waals surface area (Å²) >= 11 is 0. The molecule has 2 aromatic carbocycles. The van der Waals surface area contributed by atoms with Crippen LogP contribution in [0.1, 0.15) is 72.6 Å². The highest BCUT2D eigenvalue weighted by Gasteiger charge is 2.35. The molecule has 0 heterocycles. The summed E-state index contributed by atoms with van der Waals surface area (Å²) in [6, 6.07) is 9.75. The van der Waals surface area contributed by atoms with E-state index in [0.717, 1.165) is 42.4 Å². The van der Waals surface area contributed by atoms with E-state index in [9.17, 15) is 18.0 Å². The summed E-state index contributed by atoms with van der Waals surface area (Å²) in [5, 5.41) is 2.50. The van der Waals surface area contributed by atoms with Gasteiger partial charge in [-0.3, -0.25) is 4.79 Å². The quantitative estimate of drug-likeness (QED) is 0.582. The van der Waals surface area contributed by atoms with Crippen molar-refractivity contribution in [1.82, 2.24) is 0 Å². The molecule has 0 radical (unpaired) electrons. The Bertz CT molecular complexity index is 861. The van der Waals surface area contributed by atoms with Crippen molar-refractivity contribution in [3.8, 4) is 0 Å². The van der Waals surface area contributed by atoms with E-state index in [1.54, 1.807) is 12.1 Å². The van der Waals surface area contributed by atoms with Gasteiger partial charge in [-0.2, -0.15) is 13.2 Å². The Hall–Kier alpha value is -2.30. The van der Waals surface area contributed by atoms with Crippen LogP contribution in [0.4, 0.5) is 18.9 Å². The molecule has 0 aliphatic heterocycles. The number of fused-ring (bicyclic) bond motifs is 1. The topological polar surface area (TPSA) is 29.1 Å². The number of carbonyl (C=O) groups excluding carboxylic acids is 1. The summed E-state index contributed by atoms with van der Waals surface area (Å²) in [5.41, 5.74) is 2.07. The van der Waals surface area contributed by atoms with E-state index in [0.29, 0.717) is 12.0 Å². The van der Waals surface area contributed by atoms with Crippen molar-refractivity contribution >= 4 is 11.6 Å². The summed E-state index contributed by atoms with van der Waals surface area (Å²) in [6.45, 7) is 6.19. The maximum absolute atomic E-state index is 13.6. The first-order valence-electron chi connectivity index (χ1n) is 9.70. The van der Waals surface area contributed by atoms with Crippen LogP contribution in [0.5, 0.6) is 0 Å². The molecular formula is C23H26F3NO. The van der Waals surface area contributed by atoms with Gasteiger partial charge in [0.15, 0.2) is 0 Å². The van der Waals surface area contributed by atoms with Gasteiger partial charge in [-0.1, -0.05) is 39.3 Å². The number of rotatable bonds is 2. The number of anilines is 1. The van der Waals surface area contributed by atoms with Gasteiger partial charge in [-0.15, -0.1) is 0 Å². The molecule has 1 aliphatic carbocycles. The van der Waals surface area contributed by atoms with E-state index in [4.69, 9.17) is 0 Å². The minimum Gasteiger partial charge on any atom is -0.321 e. The lowest BCUT2D eigenvalue weighted by Crippen LogP contribution is -2.18. The summed E-state index contributed by atoms with van der Waals surface area (Å²) in [4.78, 5) is 12.6. The largest absolute Gasteiger partial charge is 0.418 e. The van der Waals surface area contributed by atoms with Crippen LogP contribution in [0, 0.1) is 0 Å². The maximum Gasteiger partial charge on any atom is 0.418 e. The van der Waals surface area contributed by atoms with Crippen LogP contribution in [0.25, 0.3) is 0 Å². The fourth-order valence-electron chi connectivity index (χ4n) is 3.62. The molecule has 3 rings (SSSR count). The van der Waals surface area contributed by atoms with Gasteiger partial charge in [0.25, 0.3) is 5.91 Å². The predicted octanol–water partition coefficient (Wildman–Crippen LogP) is 6.52. The van der Waals surface area contributed by atoms with E-state index in [-0.39, 0.29) is 11.1 Å². The highest BCUT2D eigenvalue weighted by molar-refractivity contribution is 6.04. The normalized spacial score (nSPS) is 14.9. The molecule has 0 bridgehead atoms. The second-order valence-electron chi connectivity index (χ2n) is 8.51. The van der Waals surface area contributed by atoms with Gasteiger partial charge in [0.2, 0.25) is 0 Å². The molecule has 1 aliphatic rings. The van der Waals surface area contributed by atoms with Crippen LogP contribution in [-0.4, -0.2) is 5.91 Å². The molecule has 0 atom stereocenters. The Kier molecular flexibility index (Phi) is 5.55. The highest BCUT2D eigenvalue weighted by atomic mass is 19.4. The van der Waals surface area contributed by atoms with E-state index >= 15 is 0 Å². The fourth-order valence-corrected chi connectivity index (χ4v) is 3.62. The molecule has 5 heteroatoms. The molecule has 150 valence electrons. The van der Waals surface area contributed by atoms with E-state index in [2.05, 4.69) is 26.1 Å². The van der Waals surface area contributed by atoms with Gasteiger partial charge in [0.1, 0.15) is 0 Å². The summed E-state index contributed by atoms with van der Waals surface area (Å²) < 4.78 is 40.8. The van der Waals surface area contributed by atoms with E-state index < -0.39 is 17.6 Å². The molecule has 2 aromatic rings. The number of amides is 1. The number of hydrogen-bond donors (Lipinski definition) is 1. The molecule has 0 aromatic heterocycles. The SMILES string of the molecule is CC(C)(C)c1ccc(C(=O)Nc2cc3c(cc2C(F)(F)F)CCCCC3)cc1. The zero-order chi connectivity index (χ0) is 20.5. The smallest absolute Gasteiger partial charge is 0.321 e. The number of halogens is 3.